The summed E-state index contributed by atoms with van der Waals surface area (Å²) in [6, 6.07) is 5.30. The molecule has 0 aliphatic carbocycles. The van der Waals surface area contributed by atoms with Crippen LogP contribution in [0.5, 0.6) is 5.75 Å². The third-order valence-electron chi connectivity index (χ3n) is 3.53. The lowest BCUT2D eigenvalue weighted by atomic mass is 10.1. The number of aliphatic hydroxyl groups is 1. The quantitative estimate of drug-likeness (QED) is 0.889. The maximum atomic E-state index is 12.0. The van der Waals surface area contributed by atoms with Gasteiger partial charge in [0, 0.05) is 19.6 Å². The molecule has 1 aromatic carbocycles. The lowest BCUT2D eigenvalue weighted by Crippen LogP contribution is -2.47. The smallest absolute Gasteiger partial charge is 0.406 e. The van der Waals surface area contributed by atoms with E-state index in [4.69, 9.17) is 0 Å². The van der Waals surface area contributed by atoms with E-state index in [1.807, 2.05) is 0 Å². The van der Waals surface area contributed by atoms with E-state index < -0.39 is 12.5 Å². The molecule has 1 saturated heterocycles. The molecule has 1 fully saturated rings. The van der Waals surface area contributed by atoms with E-state index in [2.05, 4.69) is 10.1 Å². The molecular formula is C15H19F3N2O3. The van der Waals surface area contributed by atoms with E-state index in [0.717, 1.165) is 12.0 Å². The molecular weight excluding hydrogens is 313 g/mol. The first-order chi connectivity index (χ1) is 10.8. The number of hydrogen-bond donors (Lipinski definition) is 2. The summed E-state index contributed by atoms with van der Waals surface area (Å²) >= 11 is 0. The van der Waals surface area contributed by atoms with E-state index in [1.54, 1.807) is 4.90 Å². The fourth-order valence-corrected chi connectivity index (χ4v) is 2.42. The number of benzene rings is 1. The number of β-amino-alcohol motifs (C(OH)–C–C–N with tert-alkyl or cyclic N) is 1. The van der Waals surface area contributed by atoms with Crippen LogP contribution in [0.3, 0.4) is 0 Å². The molecule has 2 N–H and O–H groups in total. The van der Waals surface area contributed by atoms with E-state index in [9.17, 15) is 23.1 Å². The van der Waals surface area contributed by atoms with Crippen LogP contribution in [-0.4, -0.2) is 48.1 Å². The molecule has 0 radical (unpaired) electrons. The molecule has 128 valence electrons. The molecule has 23 heavy (non-hydrogen) atoms. The number of urea groups is 1. The Hall–Kier alpha value is -1.96. The van der Waals surface area contributed by atoms with Crippen molar-refractivity contribution in [1.29, 1.82) is 0 Å². The van der Waals surface area contributed by atoms with Crippen LogP contribution in [0.15, 0.2) is 24.3 Å². The molecule has 1 atom stereocenters. The average Bonchev–Trinajstić information content (AvgIpc) is 2.47. The second kappa shape index (κ2) is 7.54. The third kappa shape index (κ3) is 5.97. The molecule has 1 aliphatic heterocycles. The molecule has 2 rings (SSSR count). The minimum absolute atomic E-state index is 0.235. The lowest BCUT2D eigenvalue weighted by molar-refractivity contribution is -0.274. The van der Waals surface area contributed by atoms with Crippen molar-refractivity contribution in [3.63, 3.8) is 0 Å². The summed E-state index contributed by atoms with van der Waals surface area (Å²) < 4.78 is 39.9. The minimum Gasteiger partial charge on any atom is -0.406 e. The predicted molar refractivity (Wildman–Crippen MR) is 77.0 cm³/mol. The van der Waals surface area contributed by atoms with Gasteiger partial charge >= 0.3 is 12.4 Å². The number of nitrogens with one attached hydrogen (secondary N) is 1. The lowest BCUT2D eigenvalue weighted by Gasteiger charge is -2.30. The van der Waals surface area contributed by atoms with Crippen LogP contribution in [0, 0.1) is 0 Å². The monoisotopic (exact) mass is 332 g/mol. The molecule has 1 aromatic rings. The van der Waals surface area contributed by atoms with Crippen molar-refractivity contribution < 1.29 is 27.8 Å². The van der Waals surface area contributed by atoms with Gasteiger partial charge in [0.25, 0.3) is 0 Å². The minimum atomic E-state index is -4.70. The summed E-state index contributed by atoms with van der Waals surface area (Å²) in [6.07, 6.45) is -3.20. The van der Waals surface area contributed by atoms with Crippen molar-refractivity contribution in [3.05, 3.63) is 29.8 Å². The third-order valence-corrected chi connectivity index (χ3v) is 3.53. The van der Waals surface area contributed by atoms with Gasteiger partial charge in [0.2, 0.25) is 0 Å². The Balaban J connectivity index is 1.74. The number of carbonyl (C=O) groups excluding carboxylic acids is 1. The van der Waals surface area contributed by atoms with Gasteiger partial charge < -0.3 is 20.1 Å². The molecule has 0 saturated carbocycles. The second-order valence-corrected chi connectivity index (χ2v) is 5.42. The molecule has 0 spiro atoms. The number of piperidine rings is 1. The van der Waals surface area contributed by atoms with Crippen LogP contribution in [0.1, 0.15) is 18.4 Å². The number of rotatable bonds is 4. The van der Waals surface area contributed by atoms with Gasteiger partial charge in [0.15, 0.2) is 0 Å². The van der Waals surface area contributed by atoms with Crippen LogP contribution in [0.2, 0.25) is 0 Å². The van der Waals surface area contributed by atoms with Gasteiger partial charge in [-0.05, 0) is 37.0 Å². The van der Waals surface area contributed by atoms with E-state index in [1.165, 1.54) is 24.3 Å². The van der Waals surface area contributed by atoms with Gasteiger partial charge in [-0.15, -0.1) is 13.2 Å². The molecule has 1 aliphatic rings. The van der Waals surface area contributed by atoms with Gasteiger partial charge in [-0.1, -0.05) is 12.1 Å². The van der Waals surface area contributed by atoms with Gasteiger partial charge in [0.1, 0.15) is 5.75 Å². The van der Waals surface area contributed by atoms with Crippen molar-refractivity contribution in [2.75, 3.05) is 19.6 Å². The second-order valence-electron chi connectivity index (χ2n) is 5.42. The number of halogens is 3. The van der Waals surface area contributed by atoms with Crippen molar-refractivity contribution in [3.8, 4) is 5.75 Å². The molecule has 2 amide bonds. The SMILES string of the molecule is O=C(NCCc1ccc(OC(F)(F)F)cc1)N1CCCC(O)C1. The summed E-state index contributed by atoms with van der Waals surface area (Å²) in [7, 11) is 0. The summed E-state index contributed by atoms with van der Waals surface area (Å²) in [4.78, 5) is 13.5. The highest BCUT2D eigenvalue weighted by Crippen LogP contribution is 2.22. The average molecular weight is 332 g/mol. The predicted octanol–water partition coefficient (Wildman–Crippen LogP) is 2.29. The molecule has 5 nitrogen and oxygen atoms in total. The van der Waals surface area contributed by atoms with Gasteiger partial charge in [0.05, 0.1) is 6.10 Å². The van der Waals surface area contributed by atoms with Gasteiger partial charge in [-0.3, -0.25) is 0 Å². The summed E-state index contributed by atoms with van der Waals surface area (Å²) in [5, 5.41) is 12.3. The first-order valence-electron chi connectivity index (χ1n) is 7.39. The maximum Gasteiger partial charge on any atom is 0.573 e. The summed E-state index contributed by atoms with van der Waals surface area (Å²) in [6.45, 7) is 1.31. The highest BCUT2D eigenvalue weighted by Gasteiger charge is 2.30. The zero-order valence-electron chi connectivity index (χ0n) is 12.5. The van der Waals surface area contributed by atoms with Crippen molar-refractivity contribution in [2.24, 2.45) is 0 Å². The zero-order valence-corrected chi connectivity index (χ0v) is 12.5. The van der Waals surface area contributed by atoms with Crippen LogP contribution in [0.4, 0.5) is 18.0 Å². The fraction of sp³-hybridized carbons (Fsp3) is 0.533. The fourth-order valence-electron chi connectivity index (χ4n) is 2.42. The van der Waals surface area contributed by atoms with Crippen LogP contribution in [0.25, 0.3) is 0 Å². The highest BCUT2D eigenvalue weighted by atomic mass is 19.4. The van der Waals surface area contributed by atoms with E-state index >= 15 is 0 Å². The van der Waals surface area contributed by atoms with Crippen molar-refractivity contribution in [2.45, 2.75) is 31.7 Å². The Labute approximate surface area is 132 Å². The number of amides is 2. The molecule has 1 unspecified atom stereocenters. The Morgan fingerprint density at radius 3 is 2.65 bits per heavy atom. The topological polar surface area (TPSA) is 61.8 Å². The summed E-state index contributed by atoms with van der Waals surface area (Å²) in [5.74, 6) is -0.271. The Bertz CT molecular complexity index is 520. The largest absolute Gasteiger partial charge is 0.573 e. The van der Waals surface area contributed by atoms with Gasteiger partial charge in [-0.25, -0.2) is 4.79 Å². The highest BCUT2D eigenvalue weighted by molar-refractivity contribution is 5.74. The summed E-state index contributed by atoms with van der Waals surface area (Å²) in [5.41, 5.74) is 0.790. The Morgan fingerprint density at radius 2 is 2.04 bits per heavy atom. The Kier molecular flexibility index (Phi) is 5.70. The number of hydrogen-bond acceptors (Lipinski definition) is 3. The zero-order chi connectivity index (χ0) is 16.9. The first-order valence-corrected chi connectivity index (χ1v) is 7.39. The van der Waals surface area contributed by atoms with E-state index in [-0.39, 0.29) is 11.8 Å². The molecule has 8 heteroatoms. The number of ether oxygens (including phenoxy) is 1. The number of nitrogens with zero attached hydrogens (tertiary/aromatic N) is 1. The van der Waals surface area contributed by atoms with Crippen LogP contribution >= 0.6 is 0 Å². The van der Waals surface area contributed by atoms with Gasteiger partial charge in [-0.2, -0.15) is 0 Å². The maximum absolute atomic E-state index is 12.0. The van der Waals surface area contributed by atoms with Crippen molar-refractivity contribution in [1.82, 2.24) is 10.2 Å². The standard InChI is InChI=1S/C15H19F3N2O3/c16-15(17,18)23-13-5-3-11(4-6-13)7-8-19-14(22)20-9-1-2-12(21)10-20/h3-6,12,21H,1-2,7-10H2,(H,19,22). The Morgan fingerprint density at radius 1 is 1.35 bits per heavy atom. The number of aliphatic hydroxyl groups excluding tert-OH is 1. The molecule has 0 bridgehead atoms. The molecule has 0 aromatic heterocycles. The van der Waals surface area contributed by atoms with Crippen LogP contribution in [-0.2, 0) is 6.42 Å². The first kappa shape index (κ1) is 17.4. The van der Waals surface area contributed by atoms with Crippen molar-refractivity contribution >= 4 is 6.03 Å². The number of likely N-dealkylation sites (tertiary alicyclic amines) is 1. The number of alkyl halides is 3. The number of carbonyl (C=O) groups is 1. The van der Waals surface area contributed by atoms with Crippen LogP contribution < -0.4 is 10.1 Å². The van der Waals surface area contributed by atoms with E-state index in [0.29, 0.717) is 32.5 Å². The molecule has 1 heterocycles. The normalized spacial score (nSPS) is 18.6.